The van der Waals surface area contributed by atoms with E-state index in [1.807, 2.05) is 33.4 Å². The lowest BCUT2D eigenvalue weighted by atomic mass is 10.5. The molecule has 0 N–H and O–H groups in total. The molecule has 0 radical (unpaired) electrons. The second-order valence-corrected chi connectivity index (χ2v) is 2.33. The fourth-order valence-corrected chi connectivity index (χ4v) is 0.749. The molecule has 0 aliphatic rings. The molecule has 7 heavy (non-hydrogen) atoms. The van der Waals surface area contributed by atoms with Crippen molar-refractivity contribution in [2.75, 3.05) is 0 Å². The van der Waals surface area contributed by atoms with Crippen LogP contribution in [0.25, 0.3) is 0 Å². The van der Waals surface area contributed by atoms with Crippen LogP contribution in [0, 0.1) is 0 Å². The van der Waals surface area contributed by atoms with E-state index in [4.69, 9.17) is 0 Å². The summed E-state index contributed by atoms with van der Waals surface area (Å²) >= 11 is 2.20. The van der Waals surface area contributed by atoms with Gasteiger partial charge in [0.15, 0.2) is 12.4 Å². The Bertz CT molecular complexity index is 138. The molecule has 36 valence electrons. The first-order valence-electron chi connectivity index (χ1n) is 2.02. The van der Waals surface area contributed by atoms with E-state index in [0.29, 0.717) is 0 Å². The number of hydrogen-bond acceptors (Lipinski definition) is 0. The lowest BCUT2D eigenvalue weighted by Crippen LogP contribution is -2.14. The van der Waals surface area contributed by atoms with Crippen LogP contribution in [0.1, 0.15) is 0 Å². The minimum absolute atomic E-state index is 1.97. The SMILES string of the molecule is I[n+]1ccccc1. The second kappa shape index (κ2) is 2.26. The fourth-order valence-electron chi connectivity index (χ4n) is 0.378. The Morgan fingerprint density at radius 1 is 1.00 bits per heavy atom. The molecule has 0 amide bonds. The van der Waals surface area contributed by atoms with Gasteiger partial charge in [-0.25, -0.2) is 0 Å². The van der Waals surface area contributed by atoms with E-state index < -0.39 is 0 Å². The summed E-state index contributed by atoms with van der Waals surface area (Å²) in [5.74, 6) is 0. The Morgan fingerprint density at radius 3 is 1.86 bits per heavy atom. The first-order chi connectivity index (χ1) is 3.39. The molecule has 1 rings (SSSR count). The standard InChI is InChI=1S/C5H5IN/c6-7-4-2-1-3-5-7/h1-5H/q+1. The van der Waals surface area contributed by atoms with Gasteiger partial charge in [0.2, 0.25) is 0 Å². The summed E-state index contributed by atoms with van der Waals surface area (Å²) in [6.07, 6.45) is 3.97. The maximum atomic E-state index is 2.20. The van der Waals surface area contributed by atoms with Gasteiger partial charge < -0.3 is 0 Å². The van der Waals surface area contributed by atoms with Crippen LogP contribution in [0.15, 0.2) is 30.6 Å². The van der Waals surface area contributed by atoms with E-state index in [2.05, 4.69) is 22.9 Å². The normalized spacial score (nSPS) is 8.71. The van der Waals surface area contributed by atoms with Crippen molar-refractivity contribution in [3.63, 3.8) is 0 Å². The quantitative estimate of drug-likeness (QED) is 0.561. The van der Waals surface area contributed by atoms with Crippen molar-refractivity contribution in [1.29, 1.82) is 0 Å². The molecule has 1 nitrogen and oxygen atoms in total. The number of rotatable bonds is 0. The largest absolute Gasteiger partial charge is 0.353 e. The van der Waals surface area contributed by atoms with Gasteiger partial charge in [-0.1, -0.05) is 6.07 Å². The molecule has 1 aromatic heterocycles. The molecule has 2 heteroatoms. The highest BCUT2D eigenvalue weighted by molar-refractivity contribution is 14.1. The zero-order chi connectivity index (χ0) is 5.11. The summed E-state index contributed by atoms with van der Waals surface area (Å²) in [5.41, 5.74) is 0. The predicted molar refractivity (Wildman–Crippen MR) is 36.1 cm³/mol. The number of halogens is 1. The van der Waals surface area contributed by atoms with Crippen molar-refractivity contribution in [2.24, 2.45) is 0 Å². The van der Waals surface area contributed by atoms with Crippen LogP contribution in [0.3, 0.4) is 0 Å². The van der Waals surface area contributed by atoms with Gasteiger partial charge >= 0.3 is 22.9 Å². The fraction of sp³-hybridized carbons (Fsp3) is 0. The van der Waals surface area contributed by atoms with Crippen molar-refractivity contribution in [3.8, 4) is 0 Å². The summed E-state index contributed by atoms with van der Waals surface area (Å²) in [6.45, 7) is 0. The van der Waals surface area contributed by atoms with Crippen LogP contribution in [0.4, 0.5) is 0 Å². The van der Waals surface area contributed by atoms with E-state index in [9.17, 15) is 0 Å². The zero-order valence-electron chi connectivity index (χ0n) is 3.71. The number of nitrogens with zero attached hydrogens (tertiary/aromatic N) is 1. The first kappa shape index (κ1) is 5.03. The van der Waals surface area contributed by atoms with Crippen molar-refractivity contribution >= 4 is 22.9 Å². The van der Waals surface area contributed by atoms with Gasteiger partial charge in [-0.05, 0) is 0 Å². The highest BCUT2D eigenvalue weighted by atomic mass is 127. The van der Waals surface area contributed by atoms with Crippen molar-refractivity contribution in [3.05, 3.63) is 30.6 Å². The third-order valence-corrected chi connectivity index (χ3v) is 1.32. The Hall–Kier alpha value is -0.120. The lowest BCUT2D eigenvalue weighted by Gasteiger charge is -1.73. The van der Waals surface area contributed by atoms with Crippen LogP contribution < -0.4 is 2.78 Å². The van der Waals surface area contributed by atoms with Crippen molar-refractivity contribution in [1.82, 2.24) is 0 Å². The Kier molecular flexibility index (Phi) is 1.62. The van der Waals surface area contributed by atoms with Crippen molar-refractivity contribution < 1.29 is 2.78 Å². The highest BCUT2D eigenvalue weighted by Crippen LogP contribution is 1.77. The Labute approximate surface area is 56.5 Å². The highest BCUT2D eigenvalue weighted by Gasteiger charge is 1.82. The maximum Gasteiger partial charge on any atom is 0.353 e. The van der Waals surface area contributed by atoms with E-state index >= 15 is 0 Å². The topological polar surface area (TPSA) is 3.88 Å². The molecule has 0 aromatic carbocycles. The van der Waals surface area contributed by atoms with Crippen LogP contribution in [0.5, 0.6) is 0 Å². The van der Waals surface area contributed by atoms with Crippen LogP contribution >= 0.6 is 22.9 Å². The van der Waals surface area contributed by atoms with Crippen LogP contribution in [-0.2, 0) is 0 Å². The number of pyridine rings is 1. The minimum Gasteiger partial charge on any atom is -0.144 e. The Balaban J connectivity index is 3.02. The molecule has 0 saturated carbocycles. The van der Waals surface area contributed by atoms with E-state index in [1.165, 1.54) is 0 Å². The van der Waals surface area contributed by atoms with Gasteiger partial charge in [-0.15, -0.1) is 2.78 Å². The van der Waals surface area contributed by atoms with Crippen LogP contribution in [0.2, 0.25) is 0 Å². The second-order valence-electron chi connectivity index (χ2n) is 1.22. The summed E-state index contributed by atoms with van der Waals surface area (Å²) in [5, 5.41) is 0. The molecule has 0 saturated heterocycles. The lowest BCUT2D eigenvalue weighted by molar-refractivity contribution is -0.440. The molecule has 0 aliphatic heterocycles. The molecular weight excluding hydrogens is 201 g/mol. The van der Waals surface area contributed by atoms with Gasteiger partial charge in [0, 0.05) is 12.1 Å². The third kappa shape index (κ3) is 1.43. The molecule has 0 bridgehead atoms. The summed E-state index contributed by atoms with van der Waals surface area (Å²) in [4.78, 5) is 0. The van der Waals surface area contributed by atoms with E-state index in [-0.39, 0.29) is 0 Å². The average molecular weight is 206 g/mol. The minimum atomic E-state index is 1.97. The molecule has 0 fully saturated rings. The van der Waals surface area contributed by atoms with Gasteiger partial charge in [-0.2, -0.15) is 0 Å². The molecule has 1 aromatic rings. The van der Waals surface area contributed by atoms with E-state index in [0.717, 1.165) is 0 Å². The number of hydrogen-bond donors (Lipinski definition) is 0. The zero-order valence-corrected chi connectivity index (χ0v) is 5.87. The molecule has 0 atom stereocenters. The number of aromatic nitrogens is 1. The van der Waals surface area contributed by atoms with Gasteiger partial charge in [0.05, 0.1) is 0 Å². The molecule has 0 spiro atoms. The molecular formula is C5H5IN+. The van der Waals surface area contributed by atoms with E-state index in [1.54, 1.807) is 0 Å². The Morgan fingerprint density at radius 2 is 1.57 bits per heavy atom. The van der Waals surface area contributed by atoms with Gasteiger partial charge in [0.25, 0.3) is 0 Å². The summed E-state index contributed by atoms with van der Waals surface area (Å²) in [7, 11) is 0. The predicted octanol–water partition coefficient (Wildman–Crippen LogP) is 1.17. The monoisotopic (exact) mass is 206 g/mol. The molecule has 0 aliphatic carbocycles. The van der Waals surface area contributed by atoms with Gasteiger partial charge in [-0.3, -0.25) is 0 Å². The smallest absolute Gasteiger partial charge is 0.144 e. The van der Waals surface area contributed by atoms with Crippen LogP contribution in [-0.4, -0.2) is 0 Å². The van der Waals surface area contributed by atoms with Crippen molar-refractivity contribution in [2.45, 2.75) is 0 Å². The first-order valence-corrected chi connectivity index (χ1v) is 2.98. The summed E-state index contributed by atoms with van der Waals surface area (Å²) in [6, 6.07) is 5.98. The third-order valence-electron chi connectivity index (χ3n) is 0.679. The maximum absolute atomic E-state index is 2.20. The average Bonchev–Trinajstić information content (AvgIpc) is 1.69. The van der Waals surface area contributed by atoms with Gasteiger partial charge in [0.1, 0.15) is 0 Å². The molecule has 0 unspecified atom stereocenters. The summed E-state index contributed by atoms with van der Waals surface area (Å²) < 4.78 is 1.97. The molecule has 1 heterocycles.